The predicted octanol–water partition coefficient (Wildman–Crippen LogP) is 2.94. The molecule has 2 aromatic rings. The van der Waals surface area contributed by atoms with Gasteiger partial charge in [-0.3, -0.25) is 4.90 Å². The molecule has 0 radical (unpaired) electrons. The van der Waals surface area contributed by atoms with E-state index in [0.717, 1.165) is 25.6 Å². The number of hydrogen-bond donors (Lipinski definition) is 1. The number of nitrogens with one attached hydrogen (secondary N) is 1. The molecule has 0 saturated heterocycles. The third-order valence-electron chi connectivity index (χ3n) is 4.81. The smallest absolute Gasteiger partial charge is 0.243 e. The highest BCUT2D eigenvalue weighted by atomic mass is 32.2. The Morgan fingerprint density at radius 3 is 2.44 bits per heavy atom. The average molecular weight is 362 g/mol. The standard InChI is InChI=1S/C19H23FN2O2S/c1-19(2,22-12-11-15-7-3-4-8-16(15)13-22)14-21-25(23,24)18-10-6-5-9-17(18)20/h3-10,21H,11-14H2,1-2H3. The molecule has 0 atom stereocenters. The molecule has 0 aromatic heterocycles. The Labute approximate surface area is 148 Å². The van der Waals surface area contributed by atoms with E-state index >= 15 is 0 Å². The van der Waals surface area contributed by atoms with Gasteiger partial charge in [-0.2, -0.15) is 0 Å². The Hall–Kier alpha value is -1.76. The van der Waals surface area contributed by atoms with Gasteiger partial charge in [0.25, 0.3) is 0 Å². The van der Waals surface area contributed by atoms with Crippen LogP contribution in [0.3, 0.4) is 0 Å². The van der Waals surface area contributed by atoms with Crippen LogP contribution in [0.15, 0.2) is 53.4 Å². The Bertz CT molecular complexity index is 865. The molecule has 1 heterocycles. The molecule has 1 aliphatic heterocycles. The summed E-state index contributed by atoms with van der Waals surface area (Å²) < 4.78 is 41.2. The molecule has 134 valence electrons. The number of sulfonamides is 1. The summed E-state index contributed by atoms with van der Waals surface area (Å²) in [5, 5.41) is 0. The van der Waals surface area contributed by atoms with Crippen molar-refractivity contribution in [1.29, 1.82) is 0 Å². The lowest BCUT2D eigenvalue weighted by atomic mass is 9.94. The zero-order valence-electron chi connectivity index (χ0n) is 14.5. The van der Waals surface area contributed by atoms with Gasteiger partial charge >= 0.3 is 0 Å². The minimum Gasteiger partial charge on any atom is -0.292 e. The molecule has 1 aliphatic rings. The van der Waals surface area contributed by atoms with Crippen molar-refractivity contribution in [2.24, 2.45) is 0 Å². The van der Waals surface area contributed by atoms with E-state index in [-0.39, 0.29) is 17.0 Å². The lowest BCUT2D eigenvalue weighted by Gasteiger charge is -2.41. The van der Waals surface area contributed by atoms with E-state index in [2.05, 4.69) is 21.8 Å². The second kappa shape index (κ2) is 6.86. The first-order valence-electron chi connectivity index (χ1n) is 8.36. The van der Waals surface area contributed by atoms with E-state index in [1.165, 1.54) is 29.3 Å². The molecule has 1 N–H and O–H groups in total. The van der Waals surface area contributed by atoms with Crippen LogP contribution in [0.2, 0.25) is 0 Å². The third-order valence-corrected chi connectivity index (χ3v) is 6.24. The highest BCUT2D eigenvalue weighted by Gasteiger charge is 2.31. The molecular formula is C19H23FN2O2S. The number of hydrogen-bond acceptors (Lipinski definition) is 3. The summed E-state index contributed by atoms with van der Waals surface area (Å²) in [6.45, 7) is 5.87. The van der Waals surface area contributed by atoms with Crippen LogP contribution in [0.5, 0.6) is 0 Å². The van der Waals surface area contributed by atoms with Gasteiger partial charge in [0.15, 0.2) is 0 Å². The Morgan fingerprint density at radius 2 is 1.72 bits per heavy atom. The lowest BCUT2D eigenvalue weighted by molar-refractivity contribution is 0.108. The second-order valence-electron chi connectivity index (χ2n) is 7.01. The van der Waals surface area contributed by atoms with E-state index in [1.54, 1.807) is 0 Å². The summed E-state index contributed by atoms with van der Waals surface area (Å²) >= 11 is 0. The van der Waals surface area contributed by atoms with Gasteiger partial charge < -0.3 is 0 Å². The SMILES string of the molecule is CC(C)(CNS(=O)(=O)c1ccccc1F)N1CCc2ccccc2C1. The average Bonchev–Trinajstić information content (AvgIpc) is 2.60. The number of fused-ring (bicyclic) bond motifs is 1. The highest BCUT2D eigenvalue weighted by molar-refractivity contribution is 7.89. The Balaban J connectivity index is 1.71. The van der Waals surface area contributed by atoms with Gasteiger partial charge in [0.05, 0.1) is 0 Å². The van der Waals surface area contributed by atoms with Crippen molar-refractivity contribution >= 4 is 10.0 Å². The first-order chi connectivity index (χ1) is 11.8. The molecule has 0 bridgehead atoms. The number of halogens is 1. The summed E-state index contributed by atoms with van der Waals surface area (Å²) in [5.74, 6) is -0.736. The molecule has 4 nitrogen and oxygen atoms in total. The van der Waals surface area contributed by atoms with Crippen molar-refractivity contribution in [2.45, 2.75) is 37.2 Å². The topological polar surface area (TPSA) is 49.4 Å². The van der Waals surface area contributed by atoms with E-state index in [4.69, 9.17) is 0 Å². The molecule has 2 aromatic carbocycles. The van der Waals surface area contributed by atoms with Crippen LogP contribution < -0.4 is 4.72 Å². The van der Waals surface area contributed by atoms with Gasteiger partial charge in [0.2, 0.25) is 10.0 Å². The number of rotatable bonds is 5. The van der Waals surface area contributed by atoms with Crippen molar-refractivity contribution in [3.8, 4) is 0 Å². The van der Waals surface area contributed by atoms with Gasteiger partial charge in [-0.15, -0.1) is 0 Å². The molecule has 0 unspecified atom stereocenters. The van der Waals surface area contributed by atoms with Crippen molar-refractivity contribution in [2.75, 3.05) is 13.1 Å². The van der Waals surface area contributed by atoms with Gasteiger partial charge in [0, 0.05) is 25.2 Å². The predicted molar refractivity (Wildman–Crippen MR) is 96.2 cm³/mol. The quantitative estimate of drug-likeness (QED) is 0.890. The maximum absolute atomic E-state index is 13.8. The van der Waals surface area contributed by atoms with Gasteiger partial charge in [0.1, 0.15) is 10.7 Å². The summed E-state index contributed by atoms with van der Waals surface area (Å²) in [6, 6.07) is 13.7. The van der Waals surface area contributed by atoms with Crippen LogP contribution in [-0.2, 0) is 23.0 Å². The maximum Gasteiger partial charge on any atom is 0.243 e. The van der Waals surface area contributed by atoms with E-state index in [0.29, 0.717) is 0 Å². The van der Waals surface area contributed by atoms with Gasteiger partial charge in [-0.1, -0.05) is 36.4 Å². The molecule has 0 saturated carbocycles. The number of benzene rings is 2. The fraction of sp³-hybridized carbons (Fsp3) is 0.368. The first kappa shape index (κ1) is 18.0. The molecule has 0 aliphatic carbocycles. The largest absolute Gasteiger partial charge is 0.292 e. The zero-order chi connectivity index (χ0) is 18.1. The number of nitrogens with zero attached hydrogens (tertiary/aromatic N) is 1. The van der Waals surface area contributed by atoms with Crippen molar-refractivity contribution in [1.82, 2.24) is 9.62 Å². The summed E-state index contributed by atoms with van der Waals surface area (Å²) in [6.07, 6.45) is 0.944. The normalized spacial score (nSPS) is 15.8. The van der Waals surface area contributed by atoms with Crippen LogP contribution >= 0.6 is 0 Å². The molecule has 0 fully saturated rings. The van der Waals surface area contributed by atoms with E-state index in [1.807, 2.05) is 26.0 Å². The first-order valence-corrected chi connectivity index (χ1v) is 9.84. The summed E-state index contributed by atoms with van der Waals surface area (Å²) in [7, 11) is -3.87. The third kappa shape index (κ3) is 3.92. The summed E-state index contributed by atoms with van der Waals surface area (Å²) in [4.78, 5) is 1.95. The fourth-order valence-electron chi connectivity index (χ4n) is 3.14. The minimum absolute atomic E-state index is 0.214. The lowest BCUT2D eigenvalue weighted by Crippen LogP contribution is -2.53. The fourth-order valence-corrected chi connectivity index (χ4v) is 4.42. The maximum atomic E-state index is 13.8. The van der Waals surface area contributed by atoms with Crippen LogP contribution in [0.25, 0.3) is 0 Å². The van der Waals surface area contributed by atoms with Crippen molar-refractivity contribution < 1.29 is 12.8 Å². The molecule has 0 spiro atoms. The monoisotopic (exact) mass is 362 g/mol. The van der Waals surface area contributed by atoms with E-state index < -0.39 is 15.8 Å². The van der Waals surface area contributed by atoms with Crippen LogP contribution in [0.4, 0.5) is 4.39 Å². The Morgan fingerprint density at radius 1 is 1.08 bits per heavy atom. The van der Waals surface area contributed by atoms with Gasteiger partial charge in [-0.25, -0.2) is 17.5 Å². The second-order valence-corrected chi connectivity index (χ2v) is 8.74. The highest BCUT2D eigenvalue weighted by Crippen LogP contribution is 2.25. The molecular weight excluding hydrogens is 339 g/mol. The van der Waals surface area contributed by atoms with Gasteiger partial charge in [-0.05, 0) is 43.5 Å². The molecule has 25 heavy (non-hydrogen) atoms. The molecule has 6 heteroatoms. The summed E-state index contributed by atoms with van der Waals surface area (Å²) in [5.41, 5.74) is 2.24. The Kier molecular flexibility index (Phi) is 4.95. The van der Waals surface area contributed by atoms with Crippen molar-refractivity contribution in [3.63, 3.8) is 0 Å². The van der Waals surface area contributed by atoms with Crippen molar-refractivity contribution in [3.05, 3.63) is 65.5 Å². The zero-order valence-corrected chi connectivity index (χ0v) is 15.3. The minimum atomic E-state index is -3.87. The van der Waals surface area contributed by atoms with Crippen LogP contribution in [-0.4, -0.2) is 31.9 Å². The molecule has 0 amide bonds. The van der Waals surface area contributed by atoms with E-state index in [9.17, 15) is 12.8 Å². The van der Waals surface area contributed by atoms with Crippen LogP contribution in [0, 0.1) is 5.82 Å². The van der Waals surface area contributed by atoms with Crippen LogP contribution in [0.1, 0.15) is 25.0 Å². The molecule has 3 rings (SSSR count).